The highest BCUT2D eigenvalue weighted by Gasteiger charge is 2.31. The average Bonchev–Trinajstić information content (AvgIpc) is 2.96. The van der Waals surface area contributed by atoms with Crippen molar-refractivity contribution >= 4 is 17.8 Å². The van der Waals surface area contributed by atoms with Crippen molar-refractivity contribution in [3.8, 4) is 0 Å². The van der Waals surface area contributed by atoms with Crippen molar-refractivity contribution in [2.24, 2.45) is 11.8 Å². The van der Waals surface area contributed by atoms with Gasteiger partial charge in [-0.1, -0.05) is 118 Å². The first-order valence-electron chi connectivity index (χ1n) is 13.8. The molecule has 1 saturated carbocycles. The molecule has 0 aliphatic heterocycles. The molecule has 0 saturated heterocycles. The van der Waals surface area contributed by atoms with Gasteiger partial charge in [0.1, 0.15) is 6.04 Å². The highest BCUT2D eigenvalue weighted by Crippen LogP contribution is 2.29. The van der Waals surface area contributed by atoms with Crippen LogP contribution in [0.4, 0.5) is 0 Å². The molecule has 0 spiro atoms. The molecule has 0 radical (unpaired) electrons. The van der Waals surface area contributed by atoms with Crippen molar-refractivity contribution in [1.82, 2.24) is 10.6 Å². The molecule has 6 nitrogen and oxygen atoms in total. The minimum Gasteiger partial charge on any atom is -0.454 e. The maximum absolute atomic E-state index is 13.7. The second kappa shape index (κ2) is 13.7. The van der Waals surface area contributed by atoms with E-state index in [9.17, 15) is 14.4 Å². The van der Waals surface area contributed by atoms with Gasteiger partial charge in [-0.3, -0.25) is 9.59 Å². The lowest BCUT2D eigenvalue weighted by Gasteiger charge is -2.34. The van der Waals surface area contributed by atoms with E-state index in [2.05, 4.69) is 24.5 Å². The Morgan fingerprint density at radius 3 is 1.97 bits per heavy atom. The first-order valence-corrected chi connectivity index (χ1v) is 13.8. The Labute approximate surface area is 231 Å². The van der Waals surface area contributed by atoms with E-state index >= 15 is 0 Å². The van der Waals surface area contributed by atoms with E-state index in [1.165, 1.54) is 0 Å². The Morgan fingerprint density at radius 2 is 1.38 bits per heavy atom. The van der Waals surface area contributed by atoms with Crippen LogP contribution in [0.5, 0.6) is 0 Å². The molecule has 3 aromatic rings. The third-order valence-corrected chi connectivity index (χ3v) is 7.81. The molecule has 1 fully saturated rings. The molecule has 2 amide bonds. The van der Waals surface area contributed by atoms with Gasteiger partial charge in [0.15, 0.2) is 6.61 Å². The topological polar surface area (TPSA) is 84.5 Å². The van der Waals surface area contributed by atoms with Crippen molar-refractivity contribution < 1.29 is 19.1 Å². The Hall–Kier alpha value is -3.93. The summed E-state index contributed by atoms with van der Waals surface area (Å²) >= 11 is 0. The van der Waals surface area contributed by atoms with E-state index in [4.69, 9.17) is 4.74 Å². The van der Waals surface area contributed by atoms with Crippen LogP contribution < -0.4 is 10.6 Å². The third kappa shape index (κ3) is 7.79. The number of amides is 2. The van der Waals surface area contributed by atoms with Crippen LogP contribution in [0.2, 0.25) is 0 Å². The number of carbonyl (C=O) groups excluding carboxylic acids is 3. The summed E-state index contributed by atoms with van der Waals surface area (Å²) in [6, 6.07) is 27.6. The van der Waals surface area contributed by atoms with Gasteiger partial charge in [0, 0.05) is 12.5 Å². The first-order chi connectivity index (χ1) is 18.9. The molecule has 204 valence electrons. The average molecular weight is 527 g/mol. The molecule has 4 rings (SSSR count). The maximum atomic E-state index is 13.7. The molecule has 39 heavy (non-hydrogen) atoms. The van der Waals surface area contributed by atoms with Gasteiger partial charge in [-0.2, -0.15) is 0 Å². The zero-order valence-corrected chi connectivity index (χ0v) is 22.7. The van der Waals surface area contributed by atoms with Crippen LogP contribution >= 0.6 is 0 Å². The summed E-state index contributed by atoms with van der Waals surface area (Å²) in [7, 11) is 0. The molecule has 0 unspecified atom stereocenters. The van der Waals surface area contributed by atoms with Crippen LogP contribution in [0.3, 0.4) is 0 Å². The number of ether oxygens (including phenoxy) is 1. The van der Waals surface area contributed by atoms with Gasteiger partial charge in [0.2, 0.25) is 5.91 Å². The standard InChI is InChI=1S/C33H38N2O4/c1-23-13-12-20-28(24(23)2)34-30(36)22-39-33(38)29(21-25-14-6-3-7-15-25)35-32(37)31(26-16-8-4-9-17-26)27-18-10-5-11-19-27/h3-11,14-19,23-24,28-29,31H,12-13,20-22H2,1-2H3,(H,34,36)(H,35,37)/t23-,24-,28+,29+/m1/s1. The molecule has 0 aromatic heterocycles. The molecular formula is C33H38N2O4. The van der Waals surface area contributed by atoms with E-state index in [0.29, 0.717) is 11.8 Å². The quantitative estimate of drug-likeness (QED) is 0.363. The zero-order valence-electron chi connectivity index (χ0n) is 22.7. The molecule has 0 heterocycles. The van der Waals surface area contributed by atoms with Gasteiger partial charge >= 0.3 is 5.97 Å². The van der Waals surface area contributed by atoms with Gasteiger partial charge in [-0.25, -0.2) is 4.79 Å². The second-order valence-corrected chi connectivity index (χ2v) is 10.6. The molecule has 2 N–H and O–H groups in total. The molecule has 3 aromatic carbocycles. The summed E-state index contributed by atoms with van der Waals surface area (Å²) < 4.78 is 5.47. The Morgan fingerprint density at radius 1 is 0.821 bits per heavy atom. The summed E-state index contributed by atoms with van der Waals surface area (Å²) in [4.78, 5) is 39.7. The fourth-order valence-corrected chi connectivity index (χ4v) is 5.36. The highest BCUT2D eigenvalue weighted by atomic mass is 16.5. The second-order valence-electron chi connectivity index (χ2n) is 10.6. The number of benzene rings is 3. The largest absolute Gasteiger partial charge is 0.454 e. The van der Waals surface area contributed by atoms with Crippen molar-refractivity contribution in [2.75, 3.05) is 6.61 Å². The number of esters is 1. The lowest BCUT2D eigenvalue weighted by atomic mass is 9.78. The third-order valence-electron chi connectivity index (χ3n) is 7.81. The Balaban J connectivity index is 1.47. The van der Waals surface area contributed by atoms with E-state index in [1.54, 1.807) is 0 Å². The van der Waals surface area contributed by atoms with E-state index in [0.717, 1.165) is 36.0 Å². The van der Waals surface area contributed by atoms with Gasteiger partial charge < -0.3 is 15.4 Å². The predicted octanol–water partition coefficient (Wildman–Crippen LogP) is 5.03. The minimum atomic E-state index is -0.948. The van der Waals surface area contributed by atoms with Crippen LogP contribution in [0.1, 0.15) is 55.7 Å². The summed E-state index contributed by atoms with van der Waals surface area (Å²) in [6.45, 7) is 3.98. The number of carbonyl (C=O) groups is 3. The van der Waals surface area contributed by atoms with E-state index in [1.807, 2.05) is 91.0 Å². The lowest BCUT2D eigenvalue weighted by molar-refractivity contribution is -0.152. The summed E-state index contributed by atoms with van der Waals surface area (Å²) in [5.74, 6) is -0.940. The van der Waals surface area contributed by atoms with E-state index < -0.39 is 17.9 Å². The van der Waals surface area contributed by atoms with Crippen LogP contribution in [-0.4, -0.2) is 36.5 Å². The van der Waals surface area contributed by atoms with E-state index in [-0.39, 0.29) is 30.9 Å². The van der Waals surface area contributed by atoms with Gasteiger partial charge in [0.05, 0.1) is 5.92 Å². The van der Waals surface area contributed by atoms with Crippen LogP contribution in [0, 0.1) is 11.8 Å². The predicted molar refractivity (Wildman–Crippen MR) is 152 cm³/mol. The highest BCUT2D eigenvalue weighted by molar-refractivity contribution is 5.91. The normalized spacial score (nSPS) is 19.6. The van der Waals surface area contributed by atoms with Crippen molar-refractivity contribution in [3.63, 3.8) is 0 Å². The number of hydrogen-bond acceptors (Lipinski definition) is 4. The summed E-state index contributed by atoms with van der Waals surface area (Å²) in [5, 5.41) is 5.98. The van der Waals surface area contributed by atoms with Gasteiger partial charge in [0.25, 0.3) is 5.91 Å². The van der Waals surface area contributed by atoms with Crippen molar-refractivity contribution in [2.45, 2.75) is 57.5 Å². The van der Waals surface area contributed by atoms with Crippen molar-refractivity contribution in [3.05, 3.63) is 108 Å². The molecule has 1 aliphatic rings. The number of rotatable bonds is 10. The van der Waals surface area contributed by atoms with Crippen LogP contribution in [0.15, 0.2) is 91.0 Å². The Kier molecular flexibility index (Phi) is 9.90. The maximum Gasteiger partial charge on any atom is 0.329 e. The molecule has 0 bridgehead atoms. The van der Waals surface area contributed by atoms with Crippen LogP contribution in [0.25, 0.3) is 0 Å². The fraction of sp³-hybridized carbons (Fsp3) is 0.364. The molecular weight excluding hydrogens is 488 g/mol. The summed E-state index contributed by atoms with van der Waals surface area (Å²) in [6.07, 6.45) is 3.42. The first kappa shape index (κ1) is 28.1. The fourth-order valence-electron chi connectivity index (χ4n) is 5.36. The lowest BCUT2D eigenvalue weighted by Crippen LogP contribution is -2.48. The zero-order chi connectivity index (χ0) is 27.6. The number of hydrogen-bond donors (Lipinski definition) is 2. The monoisotopic (exact) mass is 526 g/mol. The Bertz CT molecular complexity index is 1180. The number of nitrogens with one attached hydrogen (secondary N) is 2. The SMILES string of the molecule is C[C@@H]1[C@H](C)CCC[C@@H]1NC(=O)COC(=O)[C@H](Cc1ccccc1)NC(=O)C(c1ccccc1)c1ccccc1. The van der Waals surface area contributed by atoms with Crippen LogP contribution in [-0.2, 0) is 25.5 Å². The van der Waals surface area contributed by atoms with Gasteiger partial charge in [-0.15, -0.1) is 0 Å². The minimum absolute atomic E-state index is 0.0808. The molecule has 6 heteroatoms. The molecule has 1 aliphatic carbocycles. The summed E-state index contributed by atoms with van der Waals surface area (Å²) in [5.41, 5.74) is 2.52. The van der Waals surface area contributed by atoms with Gasteiger partial charge in [-0.05, 0) is 34.9 Å². The van der Waals surface area contributed by atoms with Crippen molar-refractivity contribution in [1.29, 1.82) is 0 Å². The smallest absolute Gasteiger partial charge is 0.329 e. The molecule has 4 atom stereocenters.